The Kier molecular flexibility index (Phi) is 13.4. The molecule has 1 N–H and O–H groups in total. The number of carbonyl (C=O) groups is 1. The van der Waals surface area contributed by atoms with E-state index in [1.807, 2.05) is 52.5 Å². The van der Waals surface area contributed by atoms with Crippen LogP contribution in [0.5, 0.6) is 0 Å². The minimum atomic E-state index is -0.442. The van der Waals surface area contributed by atoms with E-state index in [0.717, 1.165) is 0 Å². The van der Waals surface area contributed by atoms with E-state index >= 15 is 0 Å². The van der Waals surface area contributed by atoms with Crippen LogP contribution in [0.25, 0.3) is 0 Å². The van der Waals surface area contributed by atoms with Crippen LogP contribution >= 0.6 is 0 Å². The van der Waals surface area contributed by atoms with Gasteiger partial charge < -0.3 is 19.7 Å². The molecular weight excluding hydrogens is 421 g/mol. The first kappa shape index (κ1) is 28.7. The van der Waals surface area contributed by atoms with Crippen LogP contribution in [0, 0.1) is 5.82 Å². The fraction of sp³-hybridized carbons (Fsp3) is 0.577. The summed E-state index contributed by atoms with van der Waals surface area (Å²) >= 11 is 0. The van der Waals surface area contributed by atoms with Crippen molar-refractivity contribution in [2.75, 3.05) is 49.2 Å². The first-order valence-electron chi connectivity index (χ1n) is 12.2. The Labute approximate surface area is 199 Å². The van der Waals surface area contributed by atoms with Gasteiger partial charge in [0.2, 0.25) is 0 Å². The third-order valence-electron chi connectivity index (χ3n) is 5.31. The van der Waals surface area contributed by atoms with Crippen LogP contribution < -0.4 is 15.1 Å². The van der Waals surface area contributed by atoms with E-state index in [9.17, 15) is 9.18 Å². The normalized spacial score (nSPS) is 19.5. The highest BCUT2D eigenvalue weighted by Crippen LogP contribution is 2.28. The topological polar surface area (TPSA) is 54.0 Å². The van der Waals surface area contributed by atoms with Crippen LogP contribution in [0.15, 0.2) is 42.0 Å². The molecule has 0 saturated carbocycles. The van der Waals surface area contributed by atoms with E-state index in [1.165, 1.54) is 16.5 Å². The molecule has 3 rings (SSSR count). The molecule has 1 aromatic carbocycles. The zero-order chi connectivity index (χ0) is 24.8. The van der Waals surface area contributed by atoms with E-state index in [1.54, 1.807) is 12.1 Å². The number of halogens is 1. The summed E-state index contributed by atoms with van der Waals surface area (Å²) in [7, 11) is 0. The number of carbonyl (C=O) groups excluding carboxylic acids is 1. The predicted molar refractivity (Wildman–Crippen MR) is 136 cm³/mol. The fourth-order valence-corrected chi connectivity index (χ4v) is 3.67. The summed E-state index contributed by atoms with van der Waals surface area (Å²) in [5, 5.41) is 3.40. The molecule has 1 aromatic rings. The Morgan fingerprint density at radius 2 is 1.88 bits per heavy atom. The van der Waals surface area contributed by atoms with Crippen LogP contribution in [0.2, 0.25) is 0 Å². The maximum absolute atomic E-state index is 14.7. The summed E-state index contributed by atoms with van der Waals surface area (Å²) < 4.78 is 25.5. The van der Waals surface area contributed by atoms with Gasteiger partial charge in [-0.25, -0.2) is 9.18 Å². The molecular formula is C26H42FN3O3. The first-order chi connectivity index (χ1) is 16.0. The zero-order valence-electron chi connectivity index (χ0n) is 21.4. The molecule has 2 atom stereocenters. The van der Waals surface area contributed by atoms with Gasteiger partial charge >= 0.3 is 6.09 Å². The van der Waals surface area contributed by atoms with Crippen LogP contribution in [0.4, 0.5) is 20.6 Å². The summed E-state index contributed by atoms with van der Waals surface area (Å²) in [4.78, 5) is 15.8. The molecule has 0 spiro atoms. The molecule has 2 saturated heterocycles. The van der Waals surface area contributed by atoms with E-state index < -0.39 is 6.09 Å². The SMILES string of the molecule is C/C=C\C(=C/C)C(C)NCC1CN(c2ccc(N3CCOCC3)c(F)c2)C(=O)O1.CC.CC. The third kappa shape index (κ3) is 8.16. The van der Waals surface area contributed by atoms with Crippen LogP contribution in [0.1, 0.15) is 48.5 Å². The molecule has 6 nitrogen and oxygen atoms in total. The van der Waals surface area contributed by atoms with Gasteiger partial charge in [0.1, 0.15) is 11.9 Å². The number of nitrogens with one attached hydrogen (secondary N) is 1. The Morgan fingerprint density at radius 3 is 2.45 bits per heavy atom. The van der Waals surface area contributed by atoms with Crippen molar-refractivity contribution in [1.82, 2.24) is 5.32 Å². The fourth-order valence-electron chi connectivity index (χ4n) is 3.67. The molecule has 7 heteroatoms. The average Bonchev–Trinajstić information content (AvgIpc) is 3.24. The maximum atomic E-state index is 14.7. The summed E-state index contributed by atoms with van der Waals surface area (Å²) in [6.45, 7) is 17.5. The molecule has 2 aliphatic rings. The Balaban J connectivity index is 0.00000129. The van der Waals surface area contributed by atoms with Crippen molar-refractivity contribution in [2.24, 2.45) is 0 Å². The number of hydrogen-bond donors (Lipinski definition) is 1. The lowest BCUT2D eigenvalue weighted by Gasteiger charge is -2.29. The average molecular weight is 464 g/mol. The number of ether oxygens (including phenoxy) is 2. The third-order valence-corrected chi connectivity index (χ3v) is 5.31. The highest BCUT2D eigenvalue weighted by molar-refractivity contribution is 5.90. The van der Waals surface area contributed by atoms with Gasteiger partial charge in [0.15, 0.2) is 0 Å². The van der Waals surface area contributed by atoms with E-state index in [-0.39, 0.29) is 18.0 Å². The van der Waals surface area contributed by atoms with Crippen molar-refractivity contribution in [2.45, 2.75) is 60.6 Å². The quantitative estimate of drug-likeness (QED) is 0.538. The van der Waals surface area contributed by atoms with E-state index in [0.29, 0.717) is 50.8 Å². The Bertz CT molecular complexity index is 776. The van der Waals surface area contributed by atoms with Gasteiger partial charge in [-0.1, -0.05) is 45.9 Å². The molecule has 186 valence electrons. The van der Waals surface area contributed by atoms with Gasteiger partial charge in [-0.2, -0.15) is 0 Å². The summed E-state index contributed by atoms with van der Waals surface area (Å²) in [5.74, 6) is -0.337. The monoisotopic (exact) mass is 463 g/mol. The van der Waals surface area contributed by atoms with E-state index in [4.69, 9.17) is 9.47 Å². The summed E-state index contributed by atoms with van der Waals surface area (Å²) in [6.07, 6.45) is 5.39. The number of cyclic esters (lactones) is 1. The van der Waals surface area contributed by atoms with Gasteiger partial charge in [0, 0.05) is 25.7 Å². The number of amides is 1. The highest BCUT2D eigenvalue weighted by Gasteiger charge is 2.33. The molecule has 1 amide bonds. The molecule has 33 heavy (non-hydrogen) atoms. The van der Waals surface area contributed by atoms with Crippen molar-refractivity contribution in [3.63, 3.8) is 0 Å². The second-order valence-electron chi connectivity index (χ2n) is 7.27. The number of morpholine rings is 1. The standard InChI is InChI=1S/C22H30FN3O3.2C2H6/c1-4-6-17(5-2)16(3)24-14-19-15-26(22(27)29-19)18-7-8-21(20(23)13-18)25-9-11-28-12-10-25;2*1-2/h4-8,13,16,19,24H,9-12,14-15H2,1-3H3;2*1-2H3/b6-4-,17-5+;;. The molecule has 2 unspecified atom stereocenters. The molecule has 2 aliphatic heterocycles. The van der Waals surface area contributed by atoms with Gasteiger partial charge in [-0.05, 0) is 44.5 Å². The molecule has 2 heterocycles. The lowest BCUT2D eigenvalue weighted by Crippen LogP contribution is -2.37. The van der Waals surface area contributed by atoms with Gasteiger partial charge in [0.25, 0.3) is 0 Å². The number of nitrogens with zero attached hydrogens (tertiary/aromatic N) is 2. The van der Waals surface area contributed by atoms with Gasteiger partial charge in [-0.3, -0.25) is 4.90 Å². The van der Waals surface area contributed by atoms with Gasteiger partial charge in [-0.15, -0.1) is 0 Å². The van der Waals surface area contributed by atoms with Crippen molar-refractivity contribution < 1.29 is 18.7 Å². The number of rotatable bonds is 7. The number of hydrogen-bond acceptors (Lipinski definition) is 5. The largest absolute Gasteiger partial charge is 0.443 e. The second-order valence-corrected chi connectivity index (χ2v) is 7.27. The van der Waals surface area contributed by atoms with Crippen molar-refractivity contribution in [1.29, 1.82) is 0 Å². The van der Waals surface area contributed by atoms with Crippen molar-refractivity contribution >= 4 is 17.5 Å². The lowest BCUT2D eigenvalue weighted by molar-refractivity contribution is 0.122. The first-order valence-corrected chi connectivity index (χ1v) is 12.2. The molecule has 0 radical (unpaired) electrons. The zero-order valence-corrected chi connectivity index (χ0v) is 21.4. The minimum Gasteiger partial charge on any atom is -0.443 e. The Morgan fingerprint density at radius 1 is 1.21 bits per heavy atom. The Hall–Kier alpha value is -2.38. The number of anilines is 2. The number of benzene rings is 1. The summed E-state index contributed by atoms with van der Waals surface area (Å²) in [5.41, 5.74) is 2.23. The van der Waals surface area contributed by atoms with Crippen molar-refractivity contribution in [3.8, 4) is 0 Å². The van der Waals surface area contributed by atoms with E-state index in [2.05, 4.69) is 24.4 Å². The van der Waals surface area contributed by atoms with Gasteiger partial charge in [0.05, 0.1) is 31.1 Å². The summed E-state index contributed by atoms with van der Waals surface area (Å²) in [6, 6.07) is 5.06. The molecule has 0 aromatic heterocycles. The maximum Gasteiger partial charge on any atom is 0.414 e. The van der Waals surface area contributed by atoms with Crippen LogP contribution in [-0.2, 0) is 9.47 Å². The van der Waals surface area contributed by atoms with Crippen LogP contribution in [0.3, 0.4) is 0 Å². The highest BCUT2D eigenvalue weighted by atomic mass is 19.1. The number of allylic oxidation sites excluding steroid dienone is 2. The second kappa shape index (κ2) is 15.5. The minimum absolute atomic E-state index is 0.147. The van der Waals surface area contributed by atoms with Crippen LogP contribution in [-0.4, -0.2) is 57.6 Å². The predicted octanol–water partition coefficient (Wildman–Crippen LogP) is 5.54. The van der Waals surface area contributed by atoms with Crippen molar-refractivity contribution in [3.05, 3.63) is 47.8 Å². The molecule has 2 fully saturated rings. The molecule has 0 aliphatic carbocycles. The molecule has 0 bridgehead atoms. The lowest BCUT2D eigenvalue weighted by atomic mass is 10.1. The smallest absolute Gasteiger partial charge is 0.414 e.